The van der Waals surface area contributed by atoms with Gasteiger partial charge in [-0.25, -0.2) is 4.98 Å². The number of pyridine rings is 1. The second-order valence-electron chi connectivity index (χ2n) is 7.42. The largest absolute Gasteiger partial charge is 0.417 e. The summed E-state index contributed by atoms with van der Waals surface area (Å²) in [5.41, 5.74) is 1.96. The third-order valence-electron chi connectivity index (χ3n) is 5.19. The van der Waals surface area contributed by atoms with Crippen molar-refractivity contribution in [1.82, 2.24) is 19.6 Å². The van der Waals surface area contributed by atoms with Gasteiger partial charge >= 0.3 is 6.18 Å². The molecule has 2 aromatic heterocycles. The second-order valence-corrected chi connectivity index (χ2v) is 7.42. The molecule has 1 amide bonds. The van der Waals surface area contributed by atoms with Crippen molar-refractivity contribution in [2.75, 3.05) is 19.6 Å². The number of hydrogen-bond acceptors (Lipinski definition) is 4. The Morgan fingerprint density at radius 1 is 1.17 bits per heavy atom. The molecule has 1 unspecified atom stereocenters. The minimum absolute atomic E-state index is 0.00609. The zero-order chi connectivity index (χ0) is 21.3. The molecule has 30 heavy (non-hydrogen) atoms. The Morgan fingerprint density at radius 2 is 1.93 bits per heavy atom. The Hall–Kier alpha value is -2.91. The molecule has 0 bridgehead atoms. The summed E-state index contributed by atoms with van der Waals surface area (Å²) in [5.74, 6) is -0.546. The monoisotopic (exact) mass is 418 g/mol. The van der Waals surface area contributed by atoms with Crippen molar-refractivity contribution in [1.29, 1.82) is 0 Å². The van der Waals surface area contributed by atoms with E-state index in [1.54, 1.807) is 0 Å². The Labute approximate surface area is 171 Å². The van der Waals surface area contributed by atoms with E-state index in [-0.39, 0.29) is 17.9 Å². The van der Waals surface area contributed by atoms with Crippen molar-refractivity contribution in [2.45, 2.75) is 25.2 Å². The third-order valence-corrected chi connectivity index (χ3v) is 5.19. The standard InChI is InChI=1S/C21H21F3N4O2/c22-21(23,24)16-5-6-19-26-18(13-28(19)11-16)20(30)25-9-17(29)12-27-8-7-14-3-1-2-4-15(14)10-27/h1-6,11,13,17,29H,7-10,12H2,(H,25,30). The molecule has 1 aliphatic heterocycles. The average molecular weight is 418 g/mol. The number of amides is 1. The zero-order valence-electron chi connectivity index (χ0n) is 16.1. The number of benzene rings is 1. The highest BCUT2D eigenvalue weighted by Gasteiger charge is 2.31. The van der Waals surface area contributed by atoms with Crippen molar-refractivity contribution in [3.63, 3.8) is 0 Å². The minimum Gasteiger partial charge on any atom is -0.390 e. The maximum absolute atomic E-state index is 12.8. The molecule has 9 heteroatoms. The third kappa shape index (κ3) is 4.47. The Bertz CT molecular complexity index is 1060. The van der Waals surface area contributed by atoms with Crippen LogP contribution in [0.3, 0.4) is 0 Å². The van der Waals surface area contributed by atoms with Crippen molar-refractivity contribution >= 4 is 11.6 Å². The van der Waals surface area contributed by atoms with E-state index in [2.05, 4.69) is 27.3 Å². The molecule has 0 fully saturated rings. The van der Waals surface area contributed by atoms with E-state index in [1.165, 1.54) is 27.8 Å². The lowest BCUT2D eigenvalue weighted by molar-refractivity contribution is -0.137. The predicted octanol–water partition coefficient (Wildman–Crippen LogP) is 2.50. The number of carbonyl (C=O) groups excluding carboxylic acids is 1. The number of nitrogens with one attached hydrogen (secondary N) is 1. The molecule has 0 saturated heterocycles. The lowest BCUT2D eigenvalue weighted by atomic mass is 10.00. The molecule has 6 nitrogen and oxygen atoms in total. The molecule has 3 heterocycles. The Morgan fingerprint density at radius 3 is 2.70 bits per heavy atom. The maximum atomic E-state index is 12.8. The van der Waals surface area contributed by atoms with Crippen LogP contribution in [0.2, 0.25) is 0 Å². The average Bonchev–Trinajstić information content (AvgIpc) is 3.15. The van der Waals surface area contributed by atoms with Gasteiger partial charge in [0.1, 0.15) is 11.3 Å². The van der Waals surface area contributed by atoms with Gasteiger partial charge < -0.3 is 14.8 Å². The first-order chi connectivity index (χ1) is 14.3. The van der Waals surface area contributed by atoms with Gasteiger partial charge in [-0.2, -0.15) is 13.2 Å². The Kier molecular flexibility index (Phi) is 5.48. The fraction of sp³-hybridized carbons (Fsp3) is 0.333. The SMILES string of the molecule is O=C(NCC(O)CN1CCc2ccccc2C1)c1cn2cc(C(F)(F)F)ccc2n1. The van der Waals surface area contributed by atoms with Gasteiger partial charge in [0, 0.05) is 38.6 Å². The summed E-state index contributed by atoms with van der Waals surface area (Å²) in [6, 6.07) is 10.3. The molecule has 0 saturated carbocycles. The number of aliphatic hydroxyl groups excluding tert-OH is 1. The van der Waals surface area contributed by atoms with E-state index in [4.69, 9.17) is 0 Å². The molecule has 158 valence electrons. The number of halogens is 3. The smallest absolute Gasteiger partial charge is 0.390 e. The fourth-order valence-electron chi connectivity index (χ4n) is 3.64. The van der Waals surface area contributed by atoms with Crippen LogP contribution in [0.25, 0.3) is 5.65 Å². The van der Waals surface area contributed by atoms with Gasteiger partial charge in [0.05, 0.1) is 11.7 Å². The summed E-state index contributed by atoms with van der Waals surface area (Å²) >= 11 is 0. The van der Waals surface area contributed by atoms with Gasteiger partial charge in [0.25, 0.3) is 5.91 Å². The molecular weight excluding hydrogens is 397 g/mol. The molecule has 1 aromatic carbocycles. The van der Waals surface area contributed by atoms with Crippen LogP contribution in [0, 0.1) is 0 Å². The normalized spacial score (nSPS) is 15.7. The second kappa shape index (κ2) is 8.08. The molecule has 1 atom stereocenters. The molecule has 0 aliphatic carbocycles. The summed E-state index contributed by atoms with van der Waals surface area (Å²) in [5, 5.41) is 12.9. The van der Waals surface area contributed by atoms with Crippen molar-refractivity contribution in [3.05, 3.63) is 71.2 Å². The molecule has 3 aromatic rings. The number of aliphatic hydroxyl groups is 1. The first-order valence-corrected chi connectivity index (χ1v) is 9.61. The summed E-state index contributed by atoms with van der Waals surface area (Å²) < 4.78 is 39.6. The van der Waals surface area contributed by atoms with Crippen molar-refractivity contribution in [2.24, 2.45) is 0 Å². The number of carbonyl (C=O) groups is 1. The first kappa shape index (κ1) is 20.4. The maximum Gasteiger partial charge on any atom is 0.417 e. The summed E-state index contributed by atoms with van der Waals surface area (Å²) in [4.78, 5) is 18.5. The van der Waals surface area contributed by atoms with Crippen LogP contribution in [0.15, 0.2) is 48.8 Å². The number of hydrogen-bond donors (Lipinski definition) is 2. The van der Waals surface area contributed by atoms with Gasteiger partial charge in [0.2, 0.25) is 0 Å². The number of rotatable bonds is 5. The van der Waals surface area contributed by atoms with Gasteiger partial charge in [0.15, 0.2) is 0 Å². The summed E-state index contributed by atoms with van der Waals surface area (Å²) in [6.07, 6.45) is -2.19. The van der Waals surface area contributed by atoms with E-state index in [9.17, 15) is 23.1 Å². The highest BCUT2D eigenvalue weighted by atomic mass is 19.4. The van der Waals surface area contributed by atoms with E-state index in [0.29, 0.717) is 6.54 Å². The van der Waals surface area contributed by atoms with Crippen molar-refractivity contribution in [3.8, 4) is 0 Å². The number of imidazole rings is 1. The van der Waals surface area contributed by atoms with E-state index in [1.807, 2.05) is 12.1 Å². The van der Waals surface area contributed by atoms with Crippen LogP contribution in [0.1, 0.15) is 27.2 Å². The van der Waals surface area contributed by atoms with Crippen LogP contribution in [0.5, 0.6) is 0 Å². The number of aromatic nitrogens is 2. The summed E-state index contributed by atoms with van der Waals surface area (Å²) in [7, 11) is 0. The highest BCUT2D eigenvalue weighted by Crippen LogP contribution is 2.29. The van der Waals surface area contributed by atoms with Crippen LogP contribution in [-0.2, 0) is 19.1 Å². The number of nitrogens with zero attached hydrogens (tertiary/aromatic N) is 3. The van der Waals surface area contributed by atoms with Gasteiger partial charge in [-0.05, 0) is 29.7 Å². The molecule has 4 rings (SSSR count). The molecular formula is C21H21F3N4O2. The minimum atomic E-state index is -4.47. The summed E-state index contributed by atoms with van der Waals surface area (Å²) in [6.45, 7) is 2.01. The molecule has 0 spiro atoms. The van der Waals surface area contributed by atoms with E-state index >= 15 is 0 Å². The number of fused-ring (bicyclic) bond motifs is 2. The van der Waals surface area contributed by atoms with Crippen LogP contribution >= 0.6 is 0 Å². The zero-order valence-corrected chi connectivity index (χ0v) is 16.1. The van der Waals surface area contributed by atoms with Gasteiger partial charge in [-0.1, -0.05) is 24.3 Å². The first-order valence-electron chi connectivity index (χ1n) is 9.61. The lowest BCUT2D eigenvalue weighted by Crippen LogP contribution is -2.42. The van der Waals surface area contributed by atoms with E-state index in [0.717, 1.165) is 31.8 Å². The van der Waals surface area contributed by atoms with Gasteiger partial charge in [-0.3, -0.25) is 9.69 Å². The van der Waals surface area contributed by atoms with E-state index < -0.39 is 23.8 Å². The topological polar surface area (TPSA) is 69.9 Å². The van der Waals surface area contributed by atoms with Crippen LogP contribution in [0.4, 0.5) is 13.2 Å². The Balaban J connectivity index is 1.33. The van der Waals surface area contributed by atoms with Gasteiger partial charge in [-0.15, -0.1) is 0 Å². The van der Waals surface area contributed by atoms with Crippen LogP contribution in [-0.4, -0.2) is 51.0 Å². The lowest BCUT2D eigenvalue weighted by Gasteiger charge is -2.30. The quantitative estimate of drug-likeness (QED) is 0.668. The molecule has 2 N–H and O–H groups in total. The molecule has 1 aliphatic rings. The van der Waals surface area contributed by atoms with Crippen LogP contribution < -0.4 is 5.32 Å². The molecule has 0 radical (unpaired) electrons. The number of β-amino-alcohol motifs (C(OH)–C–C–N with tert-alkyl or cyclic N) is 1. The fourth-order valence-corrected chi connectivity index (χ4v) is 3.64. The predicted molar refractivity (Wildman–Crippen MR) is 104 cm³/mol. The van der Waals surface area contributed by atoms with Crippen molar-refractivity contribution < 1.29 is 23.1 Å². The highest BCUT2D eigenvalue weighted by molar-refractivity contribution is 5.92. The number of alkyl halides is 3.